The Hall–Kier alpha value is -1.68. The predicted octanol–water partition coefficient (Wildman–Crippen LogP) is 3.48. The number of nitrogens with zero attached hydrogens (tertiary/aromatic N) is 1. The van der Waals surface area contributed by atoms with E-state index in [1.807, 2.05) is 19.1 Å². The third-order valence-corrected chi connectivity index (χ3v) is 4.38. The number of Topliss-reactive ketones (excluding diaryl/α,β-unsaturated/α-hetero) is 1. The maximum absolute atomic E-state index is 12.5. The van der Waals surface area contributed by atoms with Crippen LogP contribution in [0.3, 0.4) is 0 Å². The van der Waals surface area contributed by atoms with Crippen LogP contribution in [0.25, 0.3) is 0 Å². The number of carbonyl (C=O) groups is 2. The Labute approximate surface area is 132 Å². The van der Waals surface area contributed by atoms with E-state index in [9.17, 15) is 9.59 Å². The Morgan fingerprint density at radius 3 is 2.27 bits per heavy atom. The monoisotopic (exact) mass is 302 g/mol. The van der Waals surface area contributed by atoms with Crippen LogP contribution in [-0.2, 0) is 4.79 Å². The molecule has 1 amide bonds. The molecule has 0 unspecified atom stereocenters. The number of amides is 1. The van der Waals surface area contributed by atoms with Gasteiger partial charge in [0.05, 0.1) is 11.7 Å². The number of anilines is 1. The van der Waals surface area contributed by atoms with Gasteiger partial charge in [-0.15, -0.1) is 0 Å². The third kappa shape index (κ3) is 4.41. The molecular formula is C18H26N2O2. The standard InChI is InChI=1S/C18H26N2O2/c1-14(20-12-8-4-3-5-9-13-20)18(22)19-17-11-7-6-10-16(17)15(2)21/h6-7,10-11,14H,3-5,8-9,12-13H2,1-2H3,(H,19,22)/t14-/m1/s1. The second-order valence-corrected chi connectivity index (χ2v) is 6.07. The summed E-state index contributed by atoms with van der Waals surface area (Å²) in [7, 11) is 0. The summed E-state index contributed by atoms with van der Waals surface area (Å²) in [4.78, 5) is 26.4. The van der Waals surface area contributed by atoms with Crippen molar-refractivity contribution in [2.75, 3.05) is 18.4 Å². The minimum Gasteiger partial charge on any atom is -0.324 e. The van der Waals surface area contributed by atoms with Crippen LogP contribution in [0, 0.1) is 0 Å². The lowest BCUT2D eigenvalue weighted by atomic mass is 10.1. The van der Waals surface area contributed by atoms with Gasteiger partial charge in [0.1, 0.15) is 0 Å². The molecular weight excluding hydrogens is 276 g/mol. The van der Waals surface area contributed by atoms with Crippen LogP contribution in [0.15, 0.2) is 24.3 Å². The third-order valence-electron chi connectivity index (χ3n) is 4.38. The Balaban J connectivity index is 2.03. The van der Waals surface area contributed by atoms with Crippen LogP contribution in [0.5, 0.6) is 0 Å². The lowest BCUT2D eigenvalue weighted by molar-refractivity contribution is -0.120. The molecule has 0 saturated carbocycles. The number of nitrogens with one attached hydrogen (secondary N) is 1. The molecule has 120 valence electrons. The Morgan fingerprint density at radius 1 is 1.05 bits per heavy atom. The Morgan fingerprint density at radius 2 is 1.64 bits per heavy atom. The van der Waals surface area contributed by atoms with Crippen LogP contribution < -0.4 is 5.32 Å². The molecule has 1 saturated heterocycles. The lowest BCUT2D eigenvalue weighted by Crippen LogP contribution is -2.43. The maximum Gasteiger partial charge on any atom is 0.241 e. The van der Waals surface area contributed by atoms with Crippen molar-refractivity contribution in [3.05, 3.63) is 29.8 Å². The fraction of sp³-hybridized carbons (Fsp3) is 0.556. The molecule has 1 aliphatic heterocycles. The topological polar surface area (TPSA) is 49.4 Å². The summed E-state index contributed by atoms with van der Waals surface area (Å²) in [5, 5.41) is 2.92. The molecule has 1 fully saturated rings. The molecule has 0 aromatic heterocycles. The van der Waals surface area contributed by atoms with E-state index >= 15 is 0 Å². The van der Waals surface area contributed by atoms with Crippen molar-refractivity contribution in [1.29, 1.82) is 0 Å². The highest BCUT2D eigenvalue weighted by Crippen LogP contribution is 2.18. The van der Waals surface area contributed by atoms with E-state index in [0.29, 0.717) is 11.3 Å². The predicted molar refractivity (Wildman–Crippen MR) is 89.2 cm³/mol. The number of ketones is 1. The highest BCUT2D eigenvalue weighted by atomic mass is 16.2. The summed E-state index contributed by atoms with van der Waals surface area (Å²) >= 11 is 0. The fourth-order valence-electron chi connectivity index (χ4n) is 2.96. The van der Waals surface area contributed by atoms with Crippen molar-refractivity contribution in [1.82, 2.24) is 4.90 Å². The molecule has 1 N–H and O–H groups in total. The number of carbonyl (C=O) groups excluding carboxylic acids is 2. The number of rotatable bonds is 4. The van der Waals surface area contributed by atoms with Crippen LogP contribution in [0.1, 0.15) is 56.3 Å². The largest absolute Gasteiger partial charge is 0.324 e. The first-order chi connectivity index (χ1) is 10.6. The average Bonchev–Trinajstić information content (AvgIpc) is 2.46. The van der Waals surface area contributed by atoms with Crippen LogP contribution in [0.4, 0.5) is 5.69 Å². The van der Waals surface area contributed by atoms with Crippen molar-refractivity contribution in [3.63, 3.8) is 0 Å². The number of likely N-dealkylation sites (tertiary alicyclic amines) is 1. The Kier molecular flexibility index (Phi) is 6.13. The summed E-state index contributed by atoms with van der Waals surface area (Å²) in [6.07, 6.45) is 6.11. The fourth-order valence-corrected chi connectivity index (χ4v) is 2.96. The second kappa shape index (κ2) is 8.08. The lowest BCUT2D eigenvalue weighted by Gasteiger charge is -2.29. The summed E-state index contributed by atoms with van der Waals surface area (Å²) in [5.41, 5.74) is 1.18. The molecule has 0 aliphatic carbocycles. The summed E-state index contributed by atoms with van der Waals surface area (Å²) in [5.74, 6) is -0.0657. The molecule has 1 aromatic rings. The van der Waals surface area contributed by atoms with Crippen molar-refractivity contribution in [3.8, 4) is 0 Å². The number of benzene rings is 1. The zero-order valence-corrected chi connectivity index (χ0v) is 13.6. The van der Waals surface area contributed by atoms with Gasteiger partial charge in [0.25, 0.3) is 0 Å². The Bertz CT molecular complexity index is 520. The summed E-state index contributed by atoms with van der Waals surface area (Å²) in [6.45, 7) is 5.42. The van der Waals surface area contributed by atoms with Crippen LogP contribution >= 0.6 is 0 Å². The van der Waals surface area contributed by atoms with Gasteiger partial charge in [-0.25, -0.2) is 0 Å². The second-order valence-electron chi connectivity index (χ2n) is 6.07. The first kappa shape index (κ1) is 16.7. The summed E-state index contributed by atoms with van der Waals surface area (Å²) in [6, 6.07) is 7.02. The van der Waals surface area contributed by atoms with Gasteiger partial charge in [-0.05, 0) is 51.9 Å². The number of para-hydroxylation sites is 1. The van der Waals surface area contributed by atoms with Gasteiger partial charge in [0, 0.05) is 5.56 Å². The van der Waals surface area contributed by atoms with Crippen molar-refractivity contribution in [2.24, 2.45) is 0 Å². The minimum absolute atomic E-state index is 0.0326. The molecule has 22 heavy (non-hydrogen) atoms. The molecule has 1 aromatic carbocycles. The van der Waals surface area contributed by atoms with E-state index in [1.165, 1.54) is 26.2 Å². The first-order valence-electron chi connectivity index (χ1n) is 8.24. The van der Waals surface area contributed by atoms with Gasteiger partial charge < -0.3 is 5.32 Å². The molecule has 1 aliphatic rings. The van der Waals surface area contributed by atoms with Gasteiger partial charge in [-0.2, -0.15) is 0 Å². The normalized spacial score (nSPS) is 18.1. The molecule has 1 heterocycles. The molecule has 2 rings (SSSR count). The molecule has 0 spiro atoms. The van der Waals surface area contributed by atoms with Crippen LogP contribution in [0.2, 0.25) is 0 Å². The average molecular weight is 302 g/mol. The van der Waals surface area contributed by atoms with E-state index < -0.39 is 0 Å². The maximum atomic E-state index is 12.5. The molecule has 1 atom stereocenters. The zero-order chi connectivity index (χ0) is 15.9. The van der Waals surface area contributed by atoms with Gasteiger partial charge in [-0.3, -0.25) is 14.5 Å². The molecule has 0 bridgehead atoms. The number of hydrogen-bond donors (Lipinski definition) is 1. The number of hydrogen-bond acceptors (Lipinski definition) is 3. The zero-order valence-electron chi connectivity index (χ0n) is 13.6. The van der Waals surface area contributed by atoms with Crippen molar-refractivity contribution < 1.29 is 9.59 Å². The quantitative estimate of drug-likeness (QED) is 0.866. The van der Waals surface area contributed by atoms with Crippen molar-refractivity contribution in [2.45, 2.75) is 52.0 Å². The van der Waals surface area contributed by atoms with Gasteiger partial charge >= 0.3 is 0 Å². The highest BCUT2D eigenvalue weighted by Gasteiger charge is 2.22. The van der Waals surface area contributed by atoms with Crippen molar-refractivity contribution >= 4 is 17.4 Å². The molecule has 0 radical (unpaired) electrons. The minimum atomic E-state index is -0.168. The van der Waals surface area contributed by atoms with Crippen LogP contribution in [-0.4, -0.2) is 35.7 Å². The van der Waals surface area contributed by atoms with E-state index in [4.69, 9.17) is 0 Å². The van der Waals surface area contributed by atoms with E-state index in [-0.39, 0.29) is 17.7 Å². The smallest absolute Gasteiger partial charge is 0.241 e. The molecule has 4 heteroatoms. The SMILES string of the molecule is CC(=O)c1ccccc1NC(=O)[C@@H](C)N1CCCCCCC1. The van der Waals surface area contributed by atoms with Gasteiger partial charge in [0.2, 0.25) is 5.91 Å². The van der Waals surface area contributed by atoms with E-state index in [2.05, 4.69) is 10.2 Å². The highest BCUT2D eigenvalue weighted by molar-refractivity contribution is 6.04. The summed E-state index contributed by atoms with van der Waals surface area (Å²) < 4.78 is 0. The van der Waals surface area contributed by atoms with Gasteiger partial charge in [-0.1, -0.05) is 31.4 Å². The van der Waals surface area contributed by atoms with E-state index in [0.717, 1.165) is 25.9 Å². The van der Waals surface area contributed by atoms with E-state index in [1.54, 1.807) is 12.1 Å². The first-order valence-corrected chi connectivity index (χ1v) is 8.24. The van der Waals surface area contributed by atoms with Gasteiger partial charge in [0.15, 0.2) is 5.78 Å². The molecule has 4 nitrogen and oxygen atoms in total.